The fourth-order valence-corrected chi connectivity index (χ4v) is 2.45. The monoisotopic (exact) mass is 297 g/mol. The van der Waals surface area contributed by atoms with E-state index in [0.29, 0.717) is 31.7 Å². The van der Waals surface area contributed by atoms with Gasteiger partial charge in [0.2, 0.25) is 0 Å². The summed E-state index contributed by atoms with van der Waals surface area (Å²) in [6.07, 6.45) is 1.01. The van der Waals surface area contributed by atoms with E-state index in [-0.39, 0.29) is 18.6 Å². The Morgan fingerprint density at radius 1 is 1.35 bits per heavy atom. The number of hydrogen-bond donors (Lipinski definition) is 1. The Morgan fingerprint density at radius 2 is 1.90 bits per heavy atom. The number of aryl methyl sites for hydroxylation is 2. The number of aliphatic hydroxyl groups is 1. The van der Waals surface area contributed by atoms with E-state index in [2.05, 4.69) is 0 Å². The summed E-state index contributed by atoms with van der Waals surface area (Å²) in [5.74, 6) is 0.622. The number of likely N-dealkylation sites (tertiary alicyclic amines) is 1. The van der Waals surface area contributed by atoms with Gasteiger partial charge >= 0.3 is 0 Å². The third-order valence-corrected chi connectivity index (χ3v) is 4.19. The van der Waals surface area contributed by atoms with Gasteiger partial charge in [-0.05, 0) is 49.9 Å². The summed E-state index contributed by atoms with van der Waals surface area (Å²) in [6, 6.07) is 3.67. The van der Waals surface area contributed by atoms with Crippen LogP contribution in [-0.4, -0.2) is 41.7 Å². The van der Waals surface area contributed by atoms with Crippen LogP contribution in [0.15, 0.2) is 12.1 Å². The Hall–Kier alpha value is -1.26. The molecule has 2 rings (SSSR count). The molecule has 1 aliphatic heterocycles. The Morgan fingerprint density at radius 3 is 2.45 bits per heavy atom. The summed E-state index contributed by atoms with van der Waals surface area (Å²) in [5.41, 5.74) is 1.88. The van der Waals surface area contributed by atoms with Crippen molar-refractivity contribution in [3.63, 3.8) is 0 Å². The molecule has 1 amide bonds. The second-order valence-electron chi connectivity index (χ2n) is 5.27. The number of aliphatic hydroxyl groups excluding tert-OH is 1. The van der Waals surface area contributed by atoms with E-state index in [4.69, 9.17) is 16.3 Å². The number of carbonyl (C=O) groups excluding carboxylic acids is 1. The van der Waals surface area contributed by atoms with Gasteiger partial charge < -0.3 is 14.7 Å². The van der Waals surface area contributed by atoms with Crippen molar-refractivity contribution in [1.82, 2.24) is 4.90 Å². The van der Waals surface area contributed by atoms with Gasteiger partial charge in [-0.1, -0.05) is 11.6 Å². The second-order valence-corrected chi connectivity index (χ2v) is 5.65. The van der Waals surface area contributed by atoms with Crippen molar-refractivity contribution in [3.05, 3.63) is 28.3 Å². The van der Waals surface area contributed by atoms with E-state index < -0.39 is 0 Å². The number of carbonyl (C=O) groups is 1. The molecule has 0 radical (unpaired) electrons. The number of hydrogen-bond acceptors (Lipinski definition) is 3. The molecule has 1 aromatic rings. The molecule has 1 saturated heterocycles. The van der Waals surface area contributed by atoms with E-state index in [1.54, 1.807) is 4.90 Å². The first-order valence-corrected chi connectivity index (χ1v) is 7.20. The number of amides is 1. The number of piperidine rings is 1. The maximum Gasteiger partial charge on any atom is 0.260 e. The zero-order valence-electron chi connectivity index (χ0n) is 11.9. The van der Waals surface area contributed by atoms with Crippen LogP contribution in [0.2, 0.25) is 5.02 Å². The number of ether oxygens (including phenoxy) is 1. The Bertz CT molecular complexity index is 473. The Kier molecular flexibility index (Phi) is 4.89. The highest BCUT2D eigenvalue weighted by Gasteiger charge is 2.21. The molecule has 0 aliphatic carbocycles. The van der Waals surface area contributed by atoms with E-state index >= 15 is 0 Å². The first-order chi connectivity index (χ1) is 9.47. The summed E-state index contributed by atoms with van der Waals surface area (Å²) in [6.45, 7) is 5.05. The molecule has 0 bridgehead atoms. The fraction of sp³-hybridized carbons (Fsp3) is 0.533. The van der Waals surface area contributed by atoms with Gasteiger partial charge in [0.05, 0.1) is 6.10 Å². The van der Waals surface area contributed by atoms with Crippen molar-refractivity contribution in [2.45, 2.75) is 32.8 Å². The molecule has 0 atom stereocenters. The van der Waals surface area contributed by atoms with Crippen LogP contribution in [0.4, 0.5) is 0 Å². The van der Waals surface area contributed by atoms with E-state index in [1.165, 1.54) is 0 Å². The summed E-state index contributed by atoms with van der Waals surface area (Å²) in [4.78, 5) is 13.7. The lowest BCUT2D eigenvalue weighted by Crippen LogP contribution is -2.42. The van der Waals surface area contributed by atoms with Crippen LogP contribution >= 0.6 is 11.6 Å². The third kappa shape index (κ3) is 3.64. The average Bonchev–Trinajstić information content (AvgIpc) is 2.42. The molecule has 20 heavy (non-hydrogen) atoms. The molecule has 1 fully saturated rings. The van der Waals surface area contributed by atoms with Gasteiger partial charge in [-0.25, -0.2) is 0 Å². The number of benzene rings is 1. The molecular formula is C15H20ClNO3. The molecule has 0 unspecified atom stereocenters. The van der Waals surface area contributed by atoms with Crippen LogP contribution in [0.25, 0.3) is 0 Å². The third-order valence-electron chi connectivity index (χ3n) is 3.59. The fourth-order valence-electron chi connectivity index (χ4n) is 2.34. The highest BCUT2D eigenvalue weighted by Crippen LogP contribution is 2.25. The topological polar surface area (TPSA) is 49.8 Å². The van der Waals surface area contributed by atoms with Crippen LogP contribution in [0.1, 0.15) is 24.0 Å². The Labute approximate surface area is 124 Å². The standard InChI is InChI=1S/C15H20ClNO3/c1-10-7-13(8-11(2)15(10)16)20-9-14(19)17-5-3-12(18)4-6-17/h7-8,12,18H,3-6,9H2,1-2H3. The van der Waals surface area contributed by atoms with Crippen molar-refractivity contribution < 1.29 is 14.6 Å². The maximum absolute atomic E-state index is 12.0. The van der Waals surface area contributed by atoms with Gasteiger partial charge in [0.1, 0.15) is 5.75 Å². The molecule has 0 spiro atoms. The molecule has 1 aromatic carbocycles. The highest BCUT2D eigenvalue weighted by atomic mass is 35.5. The zero-order valence-corrected chi connectivity index (χ0v) is 12.6. The van der Waals surface area contributed by atoms with Crippen molar-refractivity contribution >= 4 is 17.5 Å². The van der Waals surface area contributed by atoms with Crippen molar-refractivity contribution in [3.8, 4) is 5.75 Å². The lowest BCUT2D eigenvalue weighted by atomic mass is 10.1. The molecule has 1 aliphatic rings. The first kappa shape index (κ1) is 15.1. The number of nitrogens with zero attached hydrogens (tertiary/aromatic N) is 1. The van der Waals surface area contributed by atoms with Crippen molar-refractivity contribution in [1.29, 1.82) is 0 Å². The quantitative estimate of drug-likeness (QED) is 0.931. The van der Waals surface area contributed by atoms with Gasteiger partial charge in [-0.15, -0.1) is 0 Å². The molecular weight excluding hydrogens is 278 g/mol. The lowest BCUT2D eigenvalue weighted by Gasteiger charge is -2.29. The average molecular weight is 298 g/mol. The molecule has 0 aromatic heterocycles. The normalized spacial score (nSPS) is 16.3. The molecule has 4 nitrogen and oxygen atoms in total. The van der Waals surface area contributed by atoms with Gasteiger partial charge in [-0.3, -0.25) is 4.79 Å². The van der Waals surface area contributed by atoms with Gasteiger partial charge in [-0.2, -0.15) is 0 Å². The summed E-state index contributed by atoms with van der Waals surface area (Å²) in [7, 11) is 0. The summed E-state index contributed by atoms with van der Waals surface area (Å²) >= 11 is 6.09. The smallest absolute Gasteiger partial charge is 0.260 e. The minimum Gasteiger partial charge on any atom is -0.484 e. The molecule has 5 heteroatoms. The minimum atomic E-state index is -0.276. The summed E-state index contributed by atoms with van der Waals surface area (Å²) < 4.78 is 5.55. The van der Waals surface area contributed by atoms with Crippen LogP contribution in [0, 0.1) is 13.8 Å². The summed E-state index contributed by atoms with van der Waals surface area (Å²) in [5, 5.41) is 10.2. The lowest BCUT2D eigenvalue weighted by molar-refractivity contribution is -0.135. The minimum absolute atomic E-state index is 0.0244. The molecule has 0 saturated carbocycles. The van der Waals surface area contributed by atoms with Crippen LogP contribution in [-0.2, 0) is 4.79 Å². The van der Waals surface area contributed by atoms with Crippen LogP contribution in [0.3, 0.4) is 0 Å². The van der Waals surface area contributed by atoms with Crippen molar-refractivity contribution in [2.24, 2.45) is 0 Å². The highest BCUT2D eigenvalue weighted by molar-refractivity contribution is 6.32. The van der Waals surface area contributed by atoms with Crippen LogP contribution in [0.5, 0.6) is 5.75 Å². The predicted octanol–water partition coefficient (Wildman–Crippen LogP) is 2.32. The second kappa shape index (κ2) is 6.46. The number of rotatable bonds is 3. The van der Waals surface area contributed by atoms with Gasteiger partial charge in [0.25, 0.3) is 5.91 Å². The van der Waals surface area contributed by atoms with E-state index in [9.17, 15) is 9.90 Å². The Balaban J connectivity index is 1.90. The predicted molar refractivity (Wildman–Crippen MR) is 78.2 cm³/mol. The van der Waals surface area contributed by atoms with Crippen molar-refractivity contribution in [2.75, 3.05) is 19.7 Å². The largest absolute Gasteiger partial charge is 0.484 e. The maximum atomic E-state index is 12.0. The molecule has 110 valence electrons. The molecule has 1 heterocycles. The zero-order chi connectivity index (χ0) is 14.7. The SMILES string of the molecule is Cc1cc(OCC(=O)N2CCC(O)CC2)cc(C)c1Cl. The van der Waals surface area contributed by atoms with E-state index in [1.807, 2.05) is 26.0 Å². The molecule has 1 N–H and O–H groups in total. The van der Waals surface area contributed by atoms with E-state index in [0.717, 1.165) is 16.1 Å². The number of halogens is 1. The van der Waals surface area contributed by atoms with Gasteiger partial charge in [0.15, 0.2) is 6.61 Å². The first-order valence-electron chi connectivity index (χ1n) is 6.82. The van der Waals surface area contributed by atoms with Gasteiger partial charge in [0, 0.05) is 18.1 Å². The van der Waals surface area contributed by atoms with Crippen LogP contribution < -0.4 is 4.74 Å².